The number of para-hydroxylation sites is 2. The SMILES string of the molecule is COC(CN(C(=O)C1CCCCC1)c1ccccc1OC(F)(F)F)OC. The normalized spacial score (nSPS) is 15.9. The standard InChI is InChI=1S/C18H24F3NO4/c1-24-16(25-2)12-22(17(23)13-8-4-3-5-9-13)14-10-6-7-11-15(14)26-18(19,20)21/h6-7,10-11,13,16H,3-5,8-9,12H2,1-2H3. The molecule has 0 aromatic heterocycles. The largest absolute Gasteiger partial charge is 0.573 e. The van der Waals surface area contributed by atoms with Gasteiger partial charge < -0.3 is 19.1 Å². The zero-order valence-electron chi connectivity index (χ0n) is 14.9. The van der Waals surface area contributed by atoms with E-state index >= 15 is 0 Å². The summed E-state index contributed by atoms with van der Waals surface area (Å²) in [7, 11) is 2.82. The number of nitrogens with zero attached hydrogens (tertiary/aromatic N) is 1. The molecule has 1 fully saturated rings. The fourth-order valence-corrected chi connectivity index (χ4v) is 3.16. The molecule has 1 amide bonds. The van der Waals surface area contributed by atoms with E-state index in [1.807, 2.05) is 0 Å². The first-order valence-corrected chi connectivity index (χ1v) is 8.57. The summed E-state index contributed by atoms with van der Waals surface area (Å²) in [5, 5.41) is 0. The summed E-state index contributed by atoms with van der Waals surface area (Å²) >= 11 is 0. The molecule has 0 N–H and O–H groups in total. The van der Waals surface area contributed by atoms with E-state index in [1.54, 1.807) is 6.07 Å². The van der Waals surface area contributed by atoms with Gasteiger partial charge in [-0.2, -0.15) is 0 Å². The molecule has 0 saturated heterocycles. The Balaban J connectivity index is 2.35. The molecule has 0 radical (unpaired) electrons. The van der Waals surface area contributed by atoms with Gasteiger partial charge in [-0.25, -0.2) is 0 Å². The molecule has 8 heteroatoms. The number of carbonyl (C=O) groups excluding carboxylic acids is 1. The van der Waals surface area contributed by atoms with Gasteiger partial charge >= 0.3 is 6.36 Å². The van der Waals surface area contributed by atoms with Crippen LogP contribution in [-0.2, 0) is 14.3 Å². The van der Waals surface area contributed by atoms with Crippen molar-refractivity contribution in [2.45, 2.75) is 44.8 Å². The Hall–Kier alpha value is -1.80. The van der Waals surface area contributed by atoms with Crippen LogP contribution in [0.15, 0.2) is 24.3 Å². The highest BCUT2D eigenvalue weighted by molar-refractivity contribution is 5.96. The molecule has 5 nitrogen and oxygen atoms in total. The molecule has 26 heavy (non-hydrogen) atoms. The first-order valence-electron chi connectivity index (χ1n) is 8.57. The predicted octanol–water partition coefficient (Wildman–Crippen LogP) is 4.12. The van der Waals surface area contributed by atoms with Gasteiger partial charge in [0.2, 0.25) is 5.91 Å². The number of halogens is 3. The van der Waals surface area contributed by atoms with Crippen molar-refractivity contribution >= 4 is 11.6 Å². The van der Waals surface area contributed by atoms with Crippen molar-refractivity contribution in [2.24, 2.45) is 5.92 Å². The van der Waals surface area contributed by atoms with Crippen LogP contribution in [0, 0.1) is 5.92 Å². The number of methoxy groups -OCH3 is 2. The first-order chi connectivity index (χ1) is 12.4. The third-order valence-electron chi connectivity index (χ3n) is 4.46. The topological polar surface area (TPSA) is 48.0 Å². The van der Waals surface area contributed by atoms with Crippen LogP contribution >= 0.6 is 0 Å². The van der Waals surface area contributed by atoms with Gasteiger partial charge in [-0.1, -0.05) is 31.4 Å². The molecule has 1 aliphatic rings. The highest BCUT2D eigenvalue weighted by Gasteiger charge is 2.35. The number of hydrogen-bond donors (Lipinski definition) is 0. The summed E-state index contributed by atoms with van der Waals surface area (Å²) in [4.78, 5) is 14.3. The molecule has 2 rings (SSSR count). The Labute approximate surface area is 151 Å². The van der Waals surface area contributed by atoms with E-state index in [4.69, 9.17) is 9.47 Å². The van der Waals surface area contributed by atoms with Gasteiger partial charge in [0.25, 0.3) is 0 Å². The number of hydrogen-bond acceptors (Lipinski definition) is 4. The molecule has 1 aromatic rings. The lowest BCUT2D eigenvalue weighted by molar-refractivity contribution is -0.274. The monoisotopic (exact) mass is 375 g/mol. The Kier molecular flexibility index (Phi) is 7.28. The smallest absolute Gasteiger partial charge is 0.404 e. The molecular formula is C18H24F3NO4. The molecule has 0 atom stereocenters. The minimum atomic E-state index is -4.85. The summed E-state index contributed by atoms with van der Waals surface area (Å²) in [5.74, 6) is -0.880. The van der Waals surface area contributed by atoms with Gasteiger partial charge in [0.05, 0.1) is 12.2 Å². The Morgan fingerprint density at radius 3 is 2.35 bits per heavy atom. The molecular weight excluding hydrogens is 351 g/mol. The third-order valence-corrected chi connectivity index (χ3v) is 4.46. The second-order valence-electron chi connectivity index (χ2n) is 6.20. The number of alkyl halides is 3. The average molecular weight is 375 g/mol. The van der Waals surface area contributed by atoms with Crippen LogP contribution in [0.25, 0.3) is 0 Å². The van der Waals surface area contributed by atoms with Crippen LogP contribution in [0.5, 0.6) is 5.75 Å². The molecule has 1 aliphatic carbocycles. The average Bonchev–Trinajstić information content (AvgIpc) is 2.62. The van der Waals surface area contributed by atoms with E-state index in [0.717, 1.165) is 32.1 Å². The van der Waals surface area contributed by atoms with Crippen LogP contribution in [-0.4, -0.2) is 39.3 Å². The van der Waals surface area contributed by atoms with Crippen LogP contribution in [0.3, 0.4) is 0 Å². The molecule has 0 heterocycles. The van der Waals surface area contributed by atoms with Crippen LogP contribution in [0.4, 0.5) is 18.9 Å². The Morgan fingerprint density at radius 1 is 1.15 bits per heavy atom. The number of anilines is 1. The Morgan fingerprint density at radius 2 is 1.77 bits per heavy atom. The molecule has 146 valence electrons. The molecule has 0 spiro atoms. The van der Waals surface area contributed by atoms with Crippen molar-refractivity contribution < 1.29 is 32.2 Å². The van der Waals surface area contributed by atoms with E-state index in [2.05, 4.69) is 4.74 Å². The lowest BCUT2D eigenvalue weighted by Crippen LogP contribution is -2.43. The van der Waals surface area contributed by atoms with Crippen LogP contribution < -0.4 is 9.64 Å². The molecule has 0 aliphatic heterocycles. The van der Waals surface area contributed by atoms with Crippen molar-refractivity contribution in [3.05, 3.63) is 24.3 Å². The predicted molar refractivity (Wildman–Crippen MR) is 89.9 cm³/mol. The van der Waals surface area contributed by atoms with E-state index in [9.17, 15) is 18.0 Å². The number of carbonyl (C=O) groups is 1. The van der Waals surface area contributed by atoms with Crippen molar-refractivity contribution in [1.82, 2.24) is 0 Å². The highest BCUT2D eigenvalue weighted by Crippen LogP contribution is 2.35. The number of ether oxygens (including phenoxy) is 3. The molecule has 0 unspecified atom stereocenters. The van der Waals surface area contributed by atoms with Gasteiger partial charge in [-0.15, -0.1) is 13.2 Å². The third kappa shape index (κ3) is 5.60. The van der Waals surface area contributed by atoms with Gasteiger partial charge in [0.15, 0.2) is 12.0 Å². The van der Waals surface area contributed by atoms with Crippen molar-refractivity contribution in [1.29, 1.82) is 0 Å². The molecule has 1 aromatic carbocycles. The van der Waals surface area contributed by atoms with E-state index in [0.29, 0.717) is 0 Å². The van der Waals surface area contributed by atoms with E-state index in [-0.39, 0.29) is 24.1 Å². The maximum atomic E-state index is 13.1. The zero-order valence-corrected chi connectivity index (χ0v) is 14.9. The summed E-state index contributed by atoms with van der Waals surface area (Å²) in [6.45, 7) is -0.0272. The fourth-order valence-electron chi connectivity index (χ4n) is 3.16. The first kappa shape index (κ1) is 20.5. The maximum absolute atomic E-state index is 13.1. The van der Waals surface area contributed by atoms with Crippen LogP contribution in [0.1, 0.15) is 32.1 Å². The Bertz CT molecular complexity index is 584. The van der Waals surface area contributed by atoms with Crippen molar-refractivity contribution in [3.8, 4) is 5.75 Å². The summed E-state index contributed by atoms with van der Waals surface area (Å²) in [6.07, 6.45) is -1.23. The minimum Gasteiger partial charge on any atom is -0.404 e. The maximum Gasteiger partial charge on any atom is 0.573 e. The van der Waals surface area contributed by atoms with Gasteiger partial charge in [0, 0.05) is 20.1 Å². The summed E-state index contributed by atoms with van der Waals surface area (Å²) in [6, 6.07) is 5.62. The van der Waals surface area contributed by atoms with Crippen molar-refractivity contribution in [3.63, 3.8) is 0 Å². The number of rotatable bonds is 7. The zero-order chi connectivity index (χ0) is 19.2. The quantitative estimate of drug-likeness (QED) is 0.673. The highest BCUT2D eigenvalue weighted by atomic mass is 19.4. The number of benzene rings is 1. The second-order valence-corrected chi connectivity index (χ2v) is 6.20. The van der Waals surface area contributed by atoms with E-state index in [1.165, 1.54) is 37.3 Å². The van der Waals surface area contributed by atoms with Crippen LogP contribution in [0.2, 0.25) is 0 Å². The molecule has 1 saturated carbocycles. The van der Waals surface area contributed by atoms with Gasteiger partial charge in [0.1, 0.15) is 0 Å². The lowest BCUT2D eigenvalue weighted by Gasteiger charge is -2.32. The van der Waals surface area contributed by atoms with Gasteiger partial charge in [-0.05, 0) is 25.0 Å². The second kappa shape index (κ2) is 9.23. The molecule has 0 bridgehead atoms. The summed E-state index contributed by atoms with van der Waals surface area (Å²) < 4.78 is 52.7. The van der Waals surface area contributed by atoms with Crippen molar-refractivity contribution in [2.75, 3.05) is 25.7 Å². The van der Waals surface area contributed by atoms with Gasteiger partial charge in [-0.3, -0.25) is 4.79 Å². The summed E-state index contributed by atoms with van der Waals surface area (Å²) in [5.41, 5.74) is 0.0551. The number of amides is 1. The van der Waals surface area contributed by atoms with E-state index < -0.39 is 18.4 Å². The lowest BCUT2D eigenvalue weighted by atomic mass is 9.88. The minimum absolute atomic E-state index is 0.0272. The fraction of sp³-hybridized carbons (Fsp3) is 0.611.